The van der Waals surface area contributed by atoms with E-state index in [1.165, 1.54) is 13.2 Å². The largest absolute Gasteiger partial charge is 0.494 e. The van der Waals surface area contributed by atoms with E-state index in [0.717, 1.165) is 44.2 Å². The molecule has 0 saturated heterocycles. The first kappa shape index (κ1) is 17.7. The fourth-order valence-corrected chi connectivity index (χ4v) is 3.22. The lowest BCUT2D eigenvalue weighted by atomic mass is 9.86. The number of carbonyl (C=O) groups is 1. The molecular weight excluding hydrogens is 297 g/mol. The van der Waals surface area contributed by atoms with Crippen molar-refractivity contribution in [3.05, 3.63) is 29.6 Å². The maximum absolute atomic E-state index is 13.7. The number of aliphatic carboxylic acids is 1. The van der Waals surface area contributed by atoms with Gasteiger partial charge in [0.1, 0.15) is 0 Å². The van der Waals surface area contributed by atoms with E-state index in [9.17, 15) is 9.18 Å². The summed E-state index contributed by atoms with van der Waals surface area (Å²) in [5, 5.41) is 12.5. The van der Waals surface area contributed by atoms with Crippen molar-refractivity contribution in [1.29, 1.82) is 0 Å². The summed E-state index contributed by atoms with van der Waals surface area (Å²) in [7, 11) is 1.46. The molecule has 0 heterocycles. The van der Waals surface area contributed by atoms with Gasteiger partial charge in [-0.05, 0) is 62.3 Å². The van der Waals surface area contributed by atoms with Gasteiger partial charge in [0.15, 0.2) is 11.6 Å². The Kier molecular flexibility index (Phi) is 6.39. The molecule has 0 spiro atoms. The van der Waals surface area contributed by atoms with E-state index in [0.29, 0.717) is 12.0 Å². The molecule has 23 heavy (non-hydrogen) atoms. The normalized spacial score (nSPS) is 22.6. The van der Waals surface area contributed by atoms with E-state index < -0.39 is 5.97 Å². The van der Waals surface area contributed by atoms with E-state index >= 15 is 0 Å². The average molecular weight is 323 g/mol. The van der Waals surface area contributed by atoms with Crippen molar-refractivity contribution >= 4 is 5.97 Å². The molecule has 1 unspecified atom stereocenters. The van der Waals surface area contributed by atoms with Crippen molar-refractivity contribution in [1.82, 2.24) is 5.32 Å². The minimum Gasteiger partial charge on any atom is -0.494 e. The molecule has 2 rings (SSSR count). The van der Waals surface area contributed by atoms with Gasteiger partial charge < -0.3 is 15.2 Å². The highest BCUT2D eigenvalue weighted by Gasteiger charge is 2.25. The number of hydrogen-bond acceptors (Lipinski definition) is 3. The molecule has 128 valence electrons. The van der Waals surface area contributed by atoms with Crippen molar-refractivity contribution in [2.75, 3.05) is 13.7 Å². The van der Waals surface area contributed by atoms with Crippen molar-refractivity contribution in [2.45, 2.75) is 45.1 Å². The van der Waals surface area contributed by atoms with Gasteiger partial charge in [-0.25, -0.2) is 4.39 Å². The summed E-state index contributed by atoms with van der Waals surface area (Å²) in [5.41, 5.74) is 0.965. The quantitative estimate of drug-likeness (QED) is 0.809. The first-order valence-corrected chi connectivity index (χ1v) is 8.28. The number of methoxy groups -OCH3 is 1. The van der Waals surface area contributed by atoms with E-state index in [-0.39, 0.29) is 17.5 Å². The lowest BCUT2D eigenvalue weighted by molar-refractivity contribution is -0.142. The zero-order valence-corrected chi connectivity index (χ0v) is 13.8. The predicted octanol–water partition coefficient (Wildman–Crippen LogP) is 3.25. The van der Waals surface area contributed by atoms with E-state index in [2.05, 4.69) is 12.2 Å². The lowest BCUT2D eigenvalue weighted by Crippen LogP contribution is -2.37. The Balaban J connectivity index is 1.74. The highest BCUT2D eigenvalue weighted by atomic mass is 19.1. The summed E-state index contributed by atoms with van der Waals surface area (Å²) in [6.07, 6.45) is 4.15. The van der Waals surface area contributed by atoms with Crippen LogP contribution in [0.5, 0.6) is 5.75 Å². The molecule has 1 atom stereocenters. The van der Waals surface area contributed by atoms with Crippen molar-refractivity contribution < 1.29 is 19.0 Å². The maximum Gasteiger partial charge on any atom is 0.306 e. The molecule has 1 fully saturated rings. The van der Waals surface area contributed by atoms with Gasteiger partial charge in [0.2, 0.25) is 0 Å². The van der Waals surface area contributed by atoms with E-state index in [4.69, 9.17) is 9.84 Å². The number of rotatable bonds is 7. The van der Waals surface area contributed by atoms with Crippen LogP contribution in [0.4, 0.5) is 4.39 Å². The SMILES string of the molecule is COc1ccc(CC(C)CNC2CCC(C(=O)O)CC2)cc1F. The van der Waals surface area contributed by atoms with Crippen LogP contribution in [0.2, 0.25) is 0 Å². The third kappa shape index (κ3) is 5.20. The van der Waals surface area contributed by atoms with Crippen LogP contribution in [0.25, 0.3) is 0 Å². The van der Waals surface area contributed by atoms with Crippen molar-refractivity contribution in [3.63, 3.8) is 0 Å². The summed E-state index contributed by atoms with van der Waals surface area (Å²) < 4.78 is 18.6. The molecular formula is C18H26FNO3. The first-order chi connectivity index (χ1) is 11.0. The predicted molar refractivity (Wildman–Crippen MR) is 87.2 cm³/mol. The molecule has 1 aliphatic carbocycles. The Hall–Kier alpha value is -1.62. The van der Waals surface area contributed by atoms with Crippen LogP contribution < -0.4 is 10.1 Å². The molecule has 1 aromatic rings. The average Bonchev–Trinajstić information content (AvgIpc) is 2.53. The minimum atomic E-state index is -0.668. The Morgan fingerprint density at radius 3 is 2.65 bits per heavy atom. The van der Waals surface area contributed by atoms with Crippen LogP contribution in [-0.4, -0.2) is 30.8 Å². The Morgan fingerprint density at radius 2 is 2.09 bits per heavy atom. The van der Waals surface area contributed by atoms with Crippen molar-refractivity contribution in [2.24, 2.45) is 11.8 Å². The zero-order valence-electron chi connectivity index (χ0n) is 13.8. The molecule has 4 nitrogen and oxygen atoms in total. The van der Waals surface area contributed by atoms with E-state index in [1.807, 2.05) is 6.07 Å². The zero-order chi connectivity index (χ0) is 16.8. The molecule has 2 N–H and O–H groups in total. The Bertz CT molecular complexity index is 527. The van der Waals surface area contributed by atoms with Gasteiger partial charge in [-0.1, -0.05) is 13.0 Å². The highest BCUT2D eigenvalue weighted by molar-refractivity contribution is 5.70. The fraction of sp³-hybridized carbons (Fsp3) is 0.611. The number of nitrogens with one attached hydrogen (secondary N) is 1. The Morgan fingerprint density at radius 1 is 1.39 bits per heavy atom. The summed E-state index contributed by atoms with van der Waals surface area (Å²) >= 11 is 0. The second-order valence-electron chi connectivity index (χ2n) is 6.57. The van der Waals surface area contributed by atoms with Gasteiger partial charge in [0.25, 0.3) is 0 Å². The van der Waals surface area contributed by atoms with Crippen LogP contribution in [0.15, 0.2) is 18.2 Å². The molecule has 0 aliphatic heterocycles. The topological polar surface area (TPSA) is 58.6 Å². The van der Waals surface area contributed by atoms with Gasteiger partial charge in [-0.2, -0.15) is 0 Å². The van der Waals surface area contributed by atoms with Crippen LogP contribution in [0.1, 0.15) is 38.2 Å². The third-order valence-electron chi connectivity index (χ3n) is 4.63. The number of ether oxygens (including phenoxy) is 1. The van der Waals surface area contributed by atoms with Crippen LogP contribution in [0, 0.1) is 17.7 Å². The molecule has 1 aromatic carbocycles. The second kappa shape index (κ2) is 8.29. The number of halogens is 1. The van der Waals surface area contributed by atoms with Gasteiger partial charge in [-0.3, -0.25) is 4.79 Å². The summed E-state index contributed by atoms with van der Waals surface area (Å²) in [5.74, 6) is -0.502. The molecule has 1 aliphatic rings. The minimum absolute atomic E-state index is 0.173. The molecule has 0 bridgehead atoms. The number of carboxylic acid groups (broad SMARTS) is 1. The number of hydrogen-bond donors (Lipinski definition) is 2. The van der Waals surface area contributed by atoms with Crippen molar-refractivity contribution in [3.8, 4) is 5.75 Å². The smallest absolute Gasteiger partial charge is 0.306 e. The van der Waals surface area contributed by atoms with Crippen LogP contribution in [-0.2, 0) is 11.2 Å². The lowest BCUT2D eigenvalue weighted by Gasteiger charge is -2.28. The van der Waals surface area contributed by atoms with Crippen LogP contribution in [0.3, 0.4) is 0 Å². The highest BCUT2D eigenvalue weighted by Crippen LogP contribution is 2.25. The molecule has 1 saturated carbocycles. The maximum atomic E-state index is 13.7. The van der Waals surface area contributed by atoms with Gasteiger partial charge >= 0.3 is 5.97 Å². The van der Waals surface area contributed by atoms with Gasteiger partial charge in [-0.15, -0.1) is 0 Å². The fourth-order valence-electron chi connectivity index (χ4n) is 3.22. The number of benzene rings is 1. The molecule has 0 amide bonds. The van der Waals surface area contributed by atoms with E-state index in [1.54, 1.807) is 6.07 Å². The van der Waals surface area contributed by atoms with Crippen LogP contribution >= 0.6 is 0 Å². The monoisotopic (exact) mass is 323 g/mol. The Labute approximate surface area is 137 Å². The first-order valence-electron chi connectivity index (χ1n) is 8.28. The number of carboxylic acids is 1. The molecule has 5 heteroatoms. The summed E-state index contributed by atoms with van der Waals surface area (Å²) in [6, 6.07) is 5.50. The van der Waals surface area contributed by atoms with Gasteiger partial charge in [0, 0.05) is 6.04 Å². The summed E-state index contributed by atoms with van der Waals surface area (Å²) in [6.45, 7) is 2.99. The molecule has 0 aromatic heterocycles. The standard InChI is InChI=1S/C18H26FNO3/c1-12(9-13-3-8-17(23-2)16(19)10-13)11-20-15-6-4-14(5-7-15)18(21)22/h3,8,10,12,14-15,20H,4-7,9,11H2,1-2H3,(H,21,22). The van der Waals surface area contributed by atoms with Gasteiger partial charge in [0.05, 0.1) is 13.0 Å². The summed E-state index contributed by atoms with van der Waals surface area (Å²) in [4.78, 5) is 10.9. The third-order valence-corrected chi connectivity index (χ3v) is 4.63. The second-order valence-corrected chi connectivity index (χ2v) is 6.57. The molecule has 0 radical (unpaired) electrons.